The van der Waals surface area contributed by atoms with E-state index in [9.17, 15) is 0 Å². The monoisotopic (exact) mass is 160 g/mol. The van der Waals surface area contributed by atoms with E-state index in [2.05, 4.69) is 13.8 Å². The van der Waals surface area contributed by atoms with Crippen LogP contribution in [0.15, 0.2) is 0 Å². The molecule has 1 saturated heterocycles. The van der Waals surface area contributed by atoms with Gasteiger partial charge in [0.15, 0.2) is 8.38 Å². The van der Waals surface area contributed by atoms with Gasteiger partial charge in [0.25, 0.3) is 0 Å². The van der Waals surface area contributed by atoms with Crippen molar-refractivity contribution in [2.45, 2.75) is 37.9 Å². The minimum atomic E-state index is -0.481. The maximum Gasteiger partial charge on any atom is 0.174 e. The Bertz CT molecular complexity index is 143. The van der Waals surface area contributed by atoms with Gasteiger partial charge in [0.2, 0.25) is 0 Å². The Morgan fingerprint density at radius 1 is 1.40 bits per heavy atom. The Hall–Kier alpha value is 0.350. The molecule has 1 aliphatic carbocycles. The SMILES string of the molecule is CC1(C)COP(C2CC2)O1. The van der Waals surface area contributed by atoms with E-state index in [1.807, 2.05) is 0 Å². The molecule has 2 rings (SSSR count). The zero-order chi connectivity index (χ0) is 7.19. The summed E-state index contributed by atoms with van der Waals surface area (Å²) in [6.07, 6.45) is 2.64. The van der Waals surface area contributed by atoms with Gasteiger partial charge in [-0.1, -0.05) is 0 Å². The van der Waals surface area contributed by atoms with E-state index in [0.29, 0.717) is 0 Å². The smallest absolute Gasteiger partial charge is 0.174 e. The normalized spacial score (nSPS) is 38.4. The highest BCUT2D eigenvalue weighted by Gasteiger charge is 2.42. The lowest BCUT2D eigenvalue weighted by atomic mass is 10.2. The molecule has 1 atom stereocenters. The van der Waals surface area contributed by atoms with E-state index in [0.717, 1.165) is 12.3 Å². The molecule has 1 unspecified atom stereocenters. The summed E-state index contributed by atoms with van der Waals surface area (Å²) in [6.45, 7) is 4.98. The quantitative estimate of drug-likeness (QED) is 0.548. The Morgan fingerprint density at radius 2 is 2.10 bits per heavy atom. The zero-order valence-corrected chi connectivity index (χ0v) is 7.36. The van der Waals surface area contributed by atoms with E-state index in [1.54, 1.807) is 0 Å². The van der Waals surface area contributed by atoms with E-state index < -0.39 is 8.38 Å². The highest BCUT2D eigenvalue weighted by Crippen LogP contribution is 2.60. The molecule has 3 heteroatoms. The topological polar surface area (TPSA) is 18.5 Å². The van der Waals surface area contributed by atoms with Crippen molar-refractivity contribution in [3.05, 3.63) is 0 Å². The van der Waals surface area contributed by atoms with Crippen molar-refractivity contribution in [3.8, 4) is 0 Å². The summed E-state index contributed by atoms with van der Waals surface area (Å²) in [6, 6.07) is 0. The number of hydrogen-bond acceptors (Lipinski definition) is 2. The summed E-state index contributed by atoms with van der Waals surface area (Å²) in [4.78, 5) is 0. The minimum Gasteiger partial charge on any atom is -0.331 e. The maximum atomic E-state index is 5.72. The average molecular weight is 160 g/mol. The molecule has 0 bridgehead atoms. The second-order valence-corrected chi connectivity index (χ2v) is 5.38. The first kappa shape index (κ1) is 7.02. The summed E-state index contributed by atoms with van der Waals surface area (Å²) in [5.41, 5.74) is 0.769. The van der Waals surface area contributed by atoms with Gasteiger partial charge in [-0.3, -0.25) is 0 Å². The van der Waals surface area contributed by atoms with Crippen LogP contribution in [0.5, 0.6) is 0 Å². The fourth-order valence-electron chi connectivity index (χ4n) is 0.981. The van der Waals surface area contributed by atoms with Gasteiger partial charge in [-0.15, -0.1) is 0 Å². The van der Waals surface area contributed by atoms with Crippen LogP contribution in [0.25, 0.3) is 0 Å². The van der Waals surface area contributed by atoms with Crippen molar-refractivity contribution in [1.29, 1.82) is 0 Å². The van der Waals surface area contributed by atoms with Crippen molar-refractivity contribution in [1.82, 2.24) is 0 Å². The van der Waals surface area contributed by atoms with Gasteiger partial charge < -0.3 is 9.05 Å². The van der Waals surface area contributed by atoms with Crippen molar-refractivity contribution in [2.24, 2.45) is 0 Å². The Morgan fingerprint density at radius 3 is 2.50 bits per heavy atom. The fourth-order valence-corrected chi connectivity index (χ4v) is 2.94. The molecule has 1 saturated carbocycles. The van der Waals surface area contributed by atoms with Crippen LogP contribution in [0.4, 0.5) is 0 Å². The van der Waals surface area contributed by atoms with Gasteiger partial charge >= 0.3 is 0 Å². The fraction of sp³-hybridized carbons (Fsp3) is 1.00. The van der Waals surface area contributed by atoms with Crippen LogP contribution in [-0.4, -0.2) is 17.9 Å². The van der Waals surface area contributed by atoms with Gasteiger partial charge in [-0.2, -0.15) is 0 Å². The van der Waals surface area contributed by atoms with E-state index in [4.69, 9.17) is 9.05 Å². The molecule has 0 spiro atoms. The highest BCUT2D eigenvalue weighted by molar-refractivity contribution is 7.48. The van der Waals surface area contributed by atoms with Crippen LogP contribution < -0.4 is 0 Å². The lowest BCUT2D eigenvalue weighted by Gasteiger charge is -2.14. The van der Waals surface area contributed by atoms with Gasteiger partial charge in [-0.05, 0) is 26.7 Å². The zero-order valence-electron chi connectivity index (χ0n) is 6.46. The Kier molecular flexibility index (Phi) is 1.52. The predicted octanol–water partition coefficient (Wildman–Crippen LogP) is 2.29. The molecule has 10 heavy (non-hydrogen) atoms. The van der Waals surface area contributed by atoms with E-state index in [1.165, 1.54) is 12.8 Å². The first-order valence-electron chi connectivity index (χ1n) is 3.79. The van der Waals surface area contributed by atoms with Crippen LogP contribution >= 0.6 is 8.38 Å². The molecule has 58 valence electrons. The van der Waals surface area contributed by atoms with Crippen LogP contribution in [-0.2, 0) is 9.05 Å². The van der Waals surface area contributed by atoms with Gasteiger partial charge in [-0.25, -0.2) is 0 Å². The summed E-state index contributed by atoms with van der Waals surface area (Å²) in [7, 11) is -0.481. The minimum absolute atomic E-state index is 0.00566. The van der Waals surface area contributed by atoms with Crippen molar-refractivity contribution >= 4 is 8.38 Å². The summed E-state index contributed by atoms with van der Waals surface area (Å²) < 4.78 is 11.2. The summed E-state index contributed by atoms with van der Waals surface area (Å²) >= 11 is 0. The first-order valence-corrected chi connectivity index (χ1v) is 5.03. The van der Waals surface area contributed by atoms with Crippen LogP contribution in [0.2, 0.25) is 0 Å². The lowest BCUT2D eigenvalue weighted by molar-refractivity contribution is 0.142. The second kappa shape index (κ2) is 2.17. The van der Waals surface area contributed by atoms with Crippen LogP contribution in [0, 0.1) is 0 Å². The van der Waals surface area contributed by atoms with Crippen molar-refractivity contribution in [2.75, 3.05) is 6.61 Å². The summed E-state index contributed by atoms with van der Waals surface area (Å²) in [5, 5.41) is 0. The van der Waals surface area contributed by atoms with Gasteiger partial charge in [0.05, 0.1) is 12.2 Å². The van der Waals surface area contributed by atoms with Crippen LogP contribution in [0.1, 0.15) is 26.7 Å². The molecular weight excluding hydrogens is 147 g/mol. The molecule has 0 N–H and O–H groups in total. The molecule has 0 aromatic heterocycles. The molecule has 1 aliphatic heterocycles. The molecule has 2 aliphatic rings. The molecule has 2 fully saturated rings. The standard InChI is InChI=1S/C7H13O2P/c1-7(2)5-8-10(9-7)6-3-4-6/h6H,3-5H2,1-2H3. The first-order chi connectivity index (χ1) is 4.67. The average Bonchev–Trinajstić information content (AvgIpc) is 2.59. The Labute approximate surface area is 62.8 Å². The van der Waals surface area contributed by atoms with E-state index >= 15 is 0 Å². The highest BCUT2D eigenvalue weighted by atomic mass is 31.2. The third-order valence-electron chi connectivity index (χ3n) is 1.72. The maximum absolute atomic E-state index is 5.72. The van der Waals surface area contributed by atoms with E-state index in [-0.39, 0.29) is 5.60 Å². The number of rotatable bonds is 1. The van der Waals surface area contributed by atoms with Gasteiger partial charge in [0, 0.05) is 5.66 Å². The number of hydrogen-bond donors (Lipinski definition) is 0. The Balaban J connectivity index is 1.92. The third kappa shape index (κ3) is 1.34. The molecule has 0 aromatic carbocycles. The second-order valence-electron chi connectivity index (χ2n) is 3.64. The largest absolute Gasteiger partial charge is 0.331 e. The molecule has 1 heterocycles. The molecular formula is C7H13O2P. The predicted molar refractivity (Wildman–Crippen MR) is 41.1 cm³/mol. The third-order valence-corrected chi connectivity index (χ3v) is 3.89. The lowest BCUT2D eigenvalue weighted by Crippen LogP contribution is -2.20. The molecule has 0 amide bonds. The van der Waals surface area contributed by atoms with Crippen molar-refractivity contribution < 1.29 is 9.05 Å². The molecule has 2 nitrogen and oxygen atoms in total. The molecule has 0 radical (unpaired) electrons. The van der Waals surface area contributed by atoms with Gasteiger partial charge in [0.1, 0.15) is 0 Å². The van der Waals surface area contributed by atoms with Crippen molar-refractivity contribution in [3.63, 3.8) is 0 Å². The van der Waals surface area contributed by atoms with Crippen LogP contribution in [0.3, 0.4) is 0 Å². The summed E-state index contributed by atoms with van der Waals surface area (Å²) in [5.74, 6) is 0. The molecule has 0 aromatic rings.